The van der Waals surface area contributed by atoms with Crippen LogP contribution < -0.4 is 10.1 Å². The lowest BCUT2D eigenvalue weighted by molar-refractivity contribution is 0.0794. The van der Waals surface area contributed by atoms with Gasteiger partial charge < -0.3 is 24.7 Å². The van der Waals surface area contributed by atoms with Crippen molar-refractivity contribution in [3.05, 3.63) is 89.1 Å². The summed E-state index contributed by atoms with van der Waals surface area (Å²) in [6.07, 6.45) is 0.760. The minimum atomic E-state index is -0.642. The Bertz CT molecular complexity index is 1070. The molecule has 2 aromatic carbocycles. The van der Waals surface area contributed by atoms with Gasteiger partial charge in [-0.15, -0.1) is 0 Å². The van der Waals surface area contributed by atoms with E-state index in [-0.39, 0.29) is 18.3 Å². The maximum Gasteiger partial charge on any atom is 0.251 e. The van der Waals surface area contributed by atoms with E-state index in [1.54, 1.807) is 42.5 Å². The second kappa shape index (κ2) is 11.3. The van der Waals surface area contributed by atoms with Crippen LogP contribution in [0.25, 0.3) is 0 Å². The van der Waals surface area contributed by atoms with Gasteiger partial charge in [-0.25, -0.2) is 4.39 Å². The second-order valence-corrected chi connectivity index (χ2v) is 8.49. The third kappa shape index (κ3) is 6.44. The number of rotatable bonds is 8. The molecule has 0 radical (unpaired) electrons. The van der Waals surface area contributed by atoms with Crippen molar-refractivity contribution in [2.45, 2.75) is 44.7 Å². The summed E-state index contributed by atoms with van der Waals surface area (Å²) in [4.78, 5) is 15.0. The van der Waals surface area contributed by atoms with E-state index >= 15 is 0 Å². The normalized spacial score (nSPS) is 18.9. The molecule has 0 unspecified atom stereocenters. The molecular formula is C26H29FN2O5. The lowest BCUT2D eigenvalue weighted by Crippen LogP contribution is -2.48. The Labute approximate surface area is 197 Å². The van der Waals surface area contributed by atoms with Crippen molar-refractivity contribution in [1.29, 1.82) is 0 Å². The first-order chi connectivity index (χ1) is 16.5. The first-order valence-electron chi connectivity index (χ1n) is 11.4. The molecule has 1 fully saturated rings. The van der Waals surface area contributed by atoms with Crippen molar-refractivity contribution in [1.82, 2.24) is 10.2 Å². The summed E-state index contributed by atoms with van der Waals surface area (Å²) in [6, 6.07) is 16.0. The number of carbonyl (C=O) groups excluding carboxylic acids is 1. The summed E-state index contributed by atoms with van der Waals surface area (Å²) in [5, 5.41) is 22.7. The van der Waals surface area contributed by atoms with Gasteiger partial charge in [0.15, 0.2) is 0 Å². The van der Waals surface area contributed by atoms with Gasteiger partial charge in [-0.1, -0.05) is 12.1 Å². The molecule has 2 heterocycles. The van der Waals surface area contributed by atoms with Crippen molar-refractivity contribution in [3.8, 4) is 5.75 Å². The third-order valence-corrected chi connectivity index (χ3v) is 5.90. The highest BCUT2D eigenvalue weighted by molar-refractivity contribution is 5.94. The van der Waals surface area contributed by atoms with E-state index in [1.165, 1.54) is 12.1 Å². The molecule has 0 saturated carbocycles. The molecule has 1 amide bonds. The summed E-state index contributed by atoms with van der Waals surface area (Å²) in [5.74, 6) is 1.29. The standard InChI is InChI=1S/C26H29FN2O5/c27-20-7-3-18(4-8-20)17-33-21-9-5-19(6-10-21)26(32)28-24-15-29(13-1-2-25(24)31)14-22-11-12-23(16-30)34-22/h3-12,24-25,30-31H,1-2,13-17H2,(H,28,32)/t24-,25+/m0/s1. The Kier molecular flexibility index (Phi) is 7.95. The van der Waals surface area contributed by atoms with Crippen LogP contribution in [-0.4, -0.2) is 46.3 Å². The molecule has 0 spiro atoms. The average molecular weight is 469 g/mol. The molecule has 34 heavy (non-hydrogen) atoms. The minimum Gasteiger partial charge on any atom is -0.489 e. The van der Waals surface area contributed by atoms with Crippen LogP contribution in [0.3, 0.4) is 0 Å². The molecule has 1 aliphatic heterocycles. The molecule has 4 rings (SSSR count). The van der Waals surface area contributed by atoms with E-state index in [2.05, 4.69) is 10.2 Å². The molecule has 1 aliphatic rings. The van der Waals surface area contributed by atoms with E-state index in [1.807, 2.05) is 6.07 Å². The predicted octanol–water partition coefficient (Wildman–Crippen LogP) is 3.25. The van der Waals surface area contributed by atoms with Gasteiger partial charge in [0.25, 0.3) is 5.91 Å². The summed E-state index contributed by atoms with van der Waals surface area (Å²) in [6.45, 7) is 1.96. The number of benzene rings is 2. The Morgan fingerprint density at radius 1 is 1.09 bits per heavy atom. The van der Waals surface area contributed by atoms with Crippen LogP contribution in [0, 0.1) is 5.82 Å². The molecule has 2 atom stereocenters. The lowest BCUT2D eigenvalue weighted by atomic mass is 10.1. The van der Waals surface area contributed by atoms with Gasteiger partial charge in [0.1, 0.15) is 36.3 Å². The zero-order valence-corrected chi connectivity index (χ0v) is 18.8. The Morgan fingerprint density at radius 3 is 2.53 bits per heavy atom. The first kappa shape index (κ1) is 23.9. The number of nitrogens with one attached hydrogen (secondary N) is 1. The maximum atomic E-state index is 13.0. The van der Waals surface area contributed by atoms with Crippen LogP contribution in [0.1, 0.15) is 40.3 Å². The molecule has 3 N–H and O–H groups in total. The van der Waals surface area contributed by atoms with Crippen molar-refractivity contribution in [2.75, 3.05) is 13.1 Å². The van der Waals surface area contributed by atoms with Gasteiger partial charge in [0.05, 0.1) is 18.7 Å². The minimum absolute atomic E-state index is 0.145. The van der Waals surface area contributed by atoms with E-state index < -0.39 is 12.1 Å². The van der Waals surface area contributed by atoms with Crippen LogP contribution in [0.4, 0.5) is 4.39 Å². The van der Waals surface area contributed by atoms with Crippen LogP contribution >= 0.6 is 0 Å². The van der Waals surface area contributed by atoms with Crippen LogP contribution in [0.5, 0.6) is 5.75 Å². The van der Waals surface area contributed by atoms with Crippen LogP contribution in [-0.2, 0) is 19.8 Å². The van der Waals surface area contributed by atoms with Crippen molar-refractivity contribution in [2.24, 2.45) is 0 Å². The van der Waals surface area contributed by atoms with Crippen molar-refractivity contribution >= 4 is 5.91 Å². The highest BCUT2D eigenvalue weighted by atomic mass is 19.1. The van der Waals surface area contributed by atoms with Crippen LogP contribution in [0.15, 0.2) is 65.1 Å². The van der Waals surface area contributed by atoms with Gasteiger partial charge >= 0.3 is 0 Å². The summed E-state index contributed by atoms with van der Waals surface area (Å²) in [7, 11) is 0. The number of halogens is 1. The molecule has 180 valence electrons. The number of nitrogens with zero attached hydrogens (tertiary/aromatic N) is 1. The number of carbonyl (C=O) groups is 1. The Balaban J connectivity index is 1.32. The van der Waals surface area contributed by atoms with E-state index in [4.69, 9.17) is 9.15 Å². The largest absolute Gasteiger partial charge is 0.489 e. The number of aliphatic hydroxyl groups excluding tert-OH is 2. The number of likely N-dealkylation sites (tertiary alicyclic amines) is 1. The highest BCUT2D eigenvalue weighted by Gasteiger charge is 2.27. The van der Waals surface area contributed by atoms with Gasteiger partial charge in [0.2, 0.25) is 0 Å². The summed E-state index contributed by atoms with van der Waals surface area (Å²) in [5.41, 5.74) is 1.31. The van der Waals surface area contributed by atoms with Crippen molar-refractivity contribution < 1.29 is 28.6 Å². The number of hydrogen-bond acceptors (Lipinski definition) is 6. The monoisotopic (exact) mass is 468 g/mol. The van der Waals surface area contributed by atoms with Crippen LogP contribution in [0.2, 0.25) is 0 Å². The quantitative estimate of drug-likeness (QED) is 0.470. The summed E-state index contributed by atoms with van der Waals surface area (Å²) < 4.78 is 24.3. The number of furan rings is 1. The number of amides is 1. The lowest BCUT2D eigenvalue weighted by Gasteiger charge is -2.26. The third-order valence-electron chi connectivity index (χ3n) is 5.90. The smallest absolute Gasteiger partial charge is 0.251 e. The topological polar surface area (TPSA) is 95.2 Å². The number of aliphatic hydroxyl groups is 2. The van der Waals surface area contributed by atoms with Gasteiger partial charge in [-0.2, -0.15) is 0 Å². The zero-order valence-electron chi connectivity index (χ0n) is 18.8. The summed E-state index contributed by atoms with van der Waals surface area (Å²) >= 11 is 0. The fraction of sp³-hybridized carbons (Fsp3) is 0.346. The molecule has 1 aromatic heterocycles. The highest BCUT2D eigenvalue weighted by Crippen LogP contribution is 2.18. The van der Waals surface area contributed by atoms with Gasteiger partial charge in [-0.3, -0.25) is 9.69 Å². The molecule has 1 saturated heterocycles. The van der Waals surface area contributed by atoms with Crippen molar-refractivity contribution in [3.63, 3.8) is 0 Å². The fourth-order valence-corrected chi connectivity index (χ4v) is 4.02. The molecule has 8 heteroatoms. The molecule has 7 nitrogen and oxygen atoms in total. The molecule has 0 aliphatic carbocycles. The van der Waals surface area contributed by atoms with Gasteiger partial charge in [-0.05, 0) is 73.5 Å². The fourth-order valence-electron chi connectivity index (χ4n) is 4.02. The average Bonchev–Trinajstić information content (AvgIpc) is 3.23. The van der Waals surface area contributed by atoms with E-state index in [9.17, 15) is 19.4 Å². The second-order valence-electron chi connectivity index (χ2n) is 8.49. The zero-order chi connectivity index (χ0) is 23.9. The van der Waals surface area contributed by atoms with E-state index in [0.717, 1.165) is 24.3 Å². The van der Waals surface area contributed by atoms with Gasteiger partial charge in [0, 0.05) is 12.1 Å². The SMILES string of the molecule is O=C(N[C@H]1CN(Cc2ccc(CO)o2)CCC[C@H]1O)c1ccc(OCc2ccc(F)cc2)cc1. The predicted molar refractivity (Wildman–Crippen MR) is 124 cm³/mol. The molecule has 3 aromatic rings. The molecular weight excluding hydrogens is 439 g/mol. The number of ether oxygens (including phenoxy) is 1. The Morgan fingerprint density at radius 2 is 1.82 bits per heavy atom. The first-order valence-corrected chi connectivity index (χ1v) is 11.4. The maximum absolute atomic E-state index is 13.0. The number of hydrogen-bond donors (Lipinski definition) is 3. The molecule has 0 bridgehead atoms. The van der Waals surface area contributed by atoms with E-state index in [0.29, 0.717) is 43.2 Å². The Hall–Kier alpha value is -3.20.